The van der Waals surface area contributed by atoms with Crippen molar-refractivity contribution in [3.8, 4) is 11.3 Å². The summed E-state index contributed by atoms with van der Waals surface area (Å²) in [6.45, 7) is 0. The maximum Gasteiger partial charge on any atom is 0.0520 e. The summed E-state index contributed by atoms with van der Waals surface area (Å²) in [6.07, 6.45) is 1.83. The Balaban J connectivity index is 2.64. The van der Waals surface area contributed by atoms with E-state index in [1.54, 1.807) is 12.1 Å². The maximum absolute atomic E-state index is 5.99. The van der Waals surface area contributed by atoms with Crippen molar-refractivity contribution in [2.45, 2.75) is 0 Å². The average molecular weight is 211 g/mol. The molecule has 2 aromatic rings. The fourth-order valence-corrected chi connectivity index (χ4v) is 1.77. The van der Waals surface area contributed by atoms with E-state index in [0.29, 0.717) is 10.0 Å². The Hall–Kier alpha value is -0.920. The molecule has 1 heterocycles. The van der Waals surface area contributed by atoms with Crippen LogP contribution in [0.4, 0.5) is 0 Å². The van der Waals surface area contributed by atoms with Crippen molar-refractivity contribution >= 4 is 23.2 Å². The predicted molar refractivity (Wildman–Crippen MR) is 55.1 cm³/mol. The highest BCUT2D eigenvalue weighted by Gasteiger charge is 2.07. The first-order chi connectivity index (χ1) is 6.29. The SMILES string of the molecule is Clc1c[c]cc(Cl)c1-c1ccc[nH]1. The summed E-state index contributed by atoms with van der Waals surface area (Å²) in [7, 11) is 0. The lowest BCUT2D eigenvalue weighted by Crippen LogP contribution is -1.80. The van der Waals surface area contributed by atoms with Crippen LogP contribution in [0.3, 0.4) is 0 Å². The first kappa shape index (κ1) is 8.67. The Morgan fingerprint density at radius 3 is 2.38 bits per heavy atom. The number of aromatic nitrogens is 1. The molecule has 13 heavy (non-hydrogen) atoms. The number of H-pyrrole nitrogens is 1. The molecule has 0 atom stereocenters. The number of hydrogen-bond acceptors (Lipinski definition) is 0. The normalized spacial score (nSPS) is 10.3. The molecule has 0 bridgehead atoms. The van der Waals surface area contributed by atoms with Crippen LogP contribution in [0.15, 0.2) is 30.5 Å². The molecule has 0 aliphatic rings. The molecular weight excluding hydrogens is 205 g/mol. The molecule has 1 nitrogen and oxygen atoms in total. The minimum atomic E-state index is 0.606. The molecule has 0 saturated carbocycles. The summed E-state index contributed by atoms with van der Waals surface area (Å²) in [4.78, 5) is 3.05. The Kier molecular flexibility index (Phi) is 2.30. The third-order valence-electron chi connectivity index (χ3n) is 1.77. The molecule has 0 amide bonds. The minimum Gasteiger partial charge on any atom is -0.361 e. The van der Waals surface area contributed by atoms with Gasteiger partial charge in [-0.15, -0.1) is 0 Å². The van der Waals surface area contributed by atoms with Crippen molar-refractivity contribution < 1.29 is 0 Å². The highest BCUT2D eigenvalue weighted by atomic mass is 35.5. The summed E-state index contributed by atoms with van der Waals surface area (Å²) in [6, 6.07) is 10.1. The van der Waals surface area contributed by atoms with Gasteiger partial charge in [0.2, 0.25) is 0 Å². The topological polar surface area (TPSA) is 15.8 Å². The van der Waals surface area contributed by atoms with Crippen LogP contribution in [-0.4, -0.2) is 4.98 Å². The van der Waals surface area contributed by atoms with Crippen molar-refractivity contribution in [3.63, 3.8) is 0 Å². The van der Waals surface area contributed by atoms with E-state index in [4.69, 9.17) is 23.2 Å². The third-order valence-corrected chi connectivity index (χ3v) is 2.36. The summed E-state index contributed by atoms with van der Waals surface area (Å²) < 4.78 is 0. The monoisotopic (exact) mass is 210 g/mol. The van der Waals surface area contributed by atoms with E-state index in [1.807, 2.05) is 18.3 Å². The lowest BCUT2D eigenvalue weighted by atomic mass is 10.1. The van der Waals surface area contributed by atoms with Gasteiger partial charge in [-0.3, -0.25) is 0 Å². The Bertz CT molecular complexity index is 387. The summed E-state index contributed by atoms with van der Waals surface area (Å²) in [5, 5.41) is 1.21. The minimum absolute atomic E-state index is 0.606. The molecule has 0 aliphatic heterocycles. The van der Waals surface area contributed by atoms with Crippen LogP contribution in [0, 0.1) is 6.07 Å². The highest BCUT2D eigenvalue weighted by molar-refractivity contribution is 6.39. The lowest BCUT2D eigenvalue weighted by Gasteiger charge is -2.03. The van der Waals surface area contributed by atoms with Crippen molar-refractivity contribution in [2.24, 2.45) is 0 Å². The van der Waals surface area contributed by atoms with E-state index < -0.39 is 0 Å². The molecule has 0 aliphatic carbocycles. The number of benzene rings is 1. The predicted octanol–water partition coefficient (Wildman–Crippen LogP) is 3.79. The van der Waals surface area contributed by atoms with E-state index in [0.717, 1.165) is 11.3 Å². The van der Waals surface area contributed by atoms with Gasteiger partial charge in [0.05, 0.1) is 10.0 Å². The van der Waals surface area contributed by atoms with Crippen LogP contribution in [0.2, 0.25) is 10.0 Å². The average Bonchev–Trinajstić information content (AvgIpc) is 2.57. The molecule has 2 rings (SSSR count). The standard InChI is InChI=1S/C10H6Cl2N/c11-7-3-1-4-8(12)10(7)9-5-2-6-13-9/h2-6,13H. The second-order valence-electron chi connectivity index (χ2n) is 2.61. The molecule has 0 unspecified atom stereocenters. The Morgan fingerprint density at radius 2 is 1.85 bits per heavy atom. The van der Waals surface area contributed by atoms with Gasteiger partial charge in [-0.05, 0) is 30.3 Å². The molecule has 1 aromatic carbocycles. The number of halogens is 2. The van der Waals surface area contributed by atoms with Crippen molar-refractivity contribution in [2.75, 3.05) is 0 Å². The van der Waals surface area contributed by atoms with E-state index in [2.05, 4.69) is 11.1 Å². The smallest absolute Gasteiger partial charge is 0.0520 e. The van der Waals surface area contributed by atoms with Crippen LogP contribution in [0.5, 0.6) is 0 Å². The quantitative estimate of drug-likeness (QED) is 0.738. The van der Waals surface area contributed by atoms with Crippen molar-refractivity contribution in [1.82, 2.24) is 4.98 Å². The summed E-state index contributed by atoms with van der Waals surface area (Å²) in [5.41, 5.74) is 1.75. The first-order valence-electron chi connectivity index (χ1n) is 3.78. The third kappa shape index (κ3) is 1.58. The second kappa shape index (κ2) is 3.44. The zero-order chi connectivity index (χ0) is 9.26. The van der Waals surface area contributed by atoms with Gasteiger partial charge in [0.15, 0.2) is 0 Å². The van der Waals surface area contributed by atoms with Gasteiger partial charge < -0.3 is 4.98 Å². The van der Waals surface area contributed by atoms with Gasteiger partial charge >= 0.3 is 0 Å². The maximum atomic E-state index is 5.99. The molecule has 1 radical (unpaired) electrons. The molecular formula is C10H6Cl2N. The first-order valence-corrected chi connectivity index (χ1v) is 4.53. The summed E-state index contributed by atoms with van der Waals surface area (Å²) >= 11 is 12.0. The van der Waals surface area contributed by atoms with Crippen molar-refractivity contribution in [3.05, 3.63) is 46.6 Å². The van der Waals surface area contributed by atoms with E-state index in [-0.39, 0.29) is 0 Å². The van der Waals surface area contributed by atoms with Crippen LogP contribution in [-0.2, 0) is 0 Å². The molecule has 65 valence electrons. The van der Waals surface area contributed by atoms with E-state index >= 15 is 0 Å². The Morgan fingerprint density at radius 1 is 1.15 bits per heavy atom. The zero-order valence-electron chi connectivity index (χ0n) is 6.64. The second-order valence-corrected chi connectivity index (χ2v) is 3.42. The number of rotatable bonds is 1. The zero-order valence-corrected chi connectivity index (χ0v) is 8.15. The van der Waals surface area contributed by atoms with Crippen molar-refractivity contribution in [1.29, 1.82) is 0 Å². The van der Waals surface area contributed by atoms with Crippen LogP contribution >= 0.6 is 23.2 Å². The van der Waals surface area contributed by atoms with Crippen LogP contribution < -0.4 is 0 Å². The van der Waals surface area contributed by atoms with Gasteiger partial charge in [0, 0.05) is 17.5 Å². The molecule has 0 saturated heterocycles. The van der Waals surface area contributed by atoms with Crippen LogP contribution in [0.1, 0.15) is 0 Å². The van der Waals surface area contributed by atoms with Gasteiger partial charge in [0.1, 0.15) is 0 Å². The number of hydrogen-bond donors (Lipinski definition) is 1. The van der Waals surface area contributed by atoms with Gasteiger partial charge in [-0.1, -0.05) is 23.2 Å². The largest absolute Gasteiger partial charge is 0.361 e. The molecule has 3 heteroatoms. The van der Waals surface area contributed by atoms with E-state index in [9.17, 15) is 0 Å². The highest BCUT2D eigenvalue weighted by Crippen LogP contribution is 2.32. The number of aromatic amines is 1. The lowest BCUT2D eigenvalue weighted by molar-refractivity contribution is 1.40. The molecule has 1 aromatic heterocycles. The summed E-state index contributed by atoms with van der Waals surface area (Å²) in [5.74, 6) is 0. The van der Waals surface area contributed by atoms with Gasteiger partial charge in [-0.25, -0.2) is 0 Å². The van der Waals surface area contributed by atoms with Gasteiger partial charge in [-0.2, -0.15) is 0 Å². The molecule has 1 N–H and O–H groups in total. The molecule has 0 fully saturated rings. The van der Waals surface area contributed by atoms with Crippen LogP contribution in [0.25, 0.3) is 11.3 Å². The number of nitrogens with one attached hydrogen (secondary N) is 1. The fraction of sp³-hybridized carbons (Fsp3) is 0. The van der Waals surface area contributed by atoms with E-state index in [1.165, 1.54) is 0 Å². The van der Waals surface area contributed by atoms with Gasteiger partial charge in [0.25, 0.3) is 0 Å². The fourth-order valence-electron chi connectivity index (χ4n) is 1.19. The Labute approximate surface area is 86.3 Å². The molecule has 0 spiro atoms.